The molecule has 0 aliphatic carbocycles. The molecule has 0 fully saturated rings. The Morgan fingerprint density at radius 1 is 1.33 bits per heavy atom. The van der Waals surface area contributed by atoms with Gasteiger partial charge in [-0.3, -0.25) is 4.79 Å². The first-order valence-corrected chi connectivity index (χ1v) is 5.74. The lowest BCUT2D eigenvalue weighted by Gasteiger charge is -2.10. The van der Waals surface area contributed by atoms with Gasteiger partial charge < -0.3 is 9.47 Å². The summed E-state index contributed by atoms with van der Waals surface area (Å²) in [5, 5.41) is 0. The van der Waals surface area contributed by atoms with E-state index in [1.54, 1.807) is 26.0 Å². The molecule has 1 atom stereocenters. The van der Waals surface area contributed by atoms with E-state index < -0.39 is 11.9 Å². The first-order valence-electron chi connectivity index (χ1n) is 5.74. The van der Waals surface area contributed by atoms with Gasteiger partial charge in [0.05, 0.1) is 13.0 Å². The molecule has 0 saturated carbocycles. The molecule has 0 aliphatic rings. The number of hydrogen-bond donors (Lipinski definition) is 0. The summed E-state index contributed by atoms with van der Waals surface area (Å²) in [6.45, 7) is 12.7. The largest absolute Gasteiger partial charge is 0.463 e. The number of hydrogen-bond acceptors (Lipinski definition) is 4. The maximum Gasteiger partial charge on any atom is 0.333 e. The van der Waals surface area contributed by atoms with Crippen LogP contribution in [0.5, 0.6) is 0 Å². The Balaban J connectivity index is 4.15. The molecule has 100 valence electrons. The van der Waals surface area contributed by atoms with Gasteiger partial charge in [0.2, 0.25) is 0 Å². The van der Waals surface area contributed by atoms with E-state index >= 15 is 0 Å². The van der Waals surface area contributed by atoms with E-state index in [0.717, 1.165) is 5.57 Å². The van der Waals surface area contributed by atoms with Gasteiger partial charge in [-0.25, -0.2) is 4.79 Å². The van der Waals surface area contributed by atoms with Crippen molar-refractivity contribution < 1.29 is 19.1 Å². The van der Waals surface area contributed by atoms with Crippen LogP contribution in [0.4, 0.5) is 0 Å². The van der Waals surface area contributed by atoms with Crippen LogP contribution in [-0.2, 0) is 19.1 Å². The number of rotatable bonds is 7. The minimum Gasteiger partial charge on any atom is -0.463 e. The average molecular weight is 252 g/mol. The molecule has 0 saturated heterocycles. The van der Waals surface area contributed by atoms with E-state index in [2.05, 4.69) is 13.2 Å². The third kappa shape index (κ3) is 7.44. The number of allylic oxidation sites excluding steroid dienone is 2. The predicted molar refractivity (Wildman–Crippen MR) is 69.9 cm³/mol. The SMILES string of the molecule is C=C(C)/C=C/C(C)OC(=O)CC(=C)C(=O)OCC. The van der Waals surface area contributed by atoms with Gasteiger partial charge in [0.25, 0.3) is 0 Å². The molecule has 0 aromatic heterocycles. The third-order valence-electron chi connectivity index (χ3n) is 1.89. The van der Waals surface area contributed by atoms with Crippen LogP contribution in [0.15, 0.2) is 36.5 Å². The summed E-state index contributed by atoms with van der Waals surface area (Å²) in [6, 6.07) is 0. The molecule has 0 aromatic carbocycles. The summed E-state index contributed by atoms with van der Waals surface area (Å²) >= 11 is 0. The average Bonchev–Trinajstić information content (AvgIpc) is 2.26. The number of esters is 2. The van der Waals surface area contributed by atoms with Crippen LogP contribution < -0.4 is 0 Å². The van der Waals surface area contributed by atoms with Gasteiger partial charge in [-0.1, -0.05) is 24.8 Å². The third-order valence-corrected chi connectivity index (χ3v) is 1.89. The van der Waals surface area contributed by atoms with Crippen LogP contribution in [0.25, 0.3) is 0 Å². The quantitative estimate of drug-likeness (QED) is 0.397. The summed E-state index contributed by atoms with van der Waals surface area (Å²) in [5.41, 5.74) is 0.965. The lowest BCUT2D eigenvalue weighted by Crippen LogP contribution is -2.16. The number of ether oxygens (including phenoxy) is 2. The van der Waals surface area contributed by atoms with Crippen LogP contribution in [0.2, 0.25) is 0 Å². The molecule has 1 unspecified atom stereocenters. The molecule has 0 amide bonds. The smallest absolute Gasteiger partial charge is 0.333 e. The highest BCUT2D eigenvalue weighted by atomic mass is 16.5. The van der Waals surface area contributed by atoms with Gasteiger partial charge in [-0.2, -0.15) is 0 Å². The maximum atomic E-state index is 11.5. The van der Waals surface area contributed by atoms with Crippen molar-refractivity contribution in [3.8, 4) is 0 Å². The Hall–Kier alpha value is -1.84. The van der Waals surface area contributed by atoms with E-state index in [9.17, 15) is 9.59 Å². The van der Waals surface area contributed by atoms with Crippen molar-refractivity contribution in [2.45, 2.75) is 33.3 Å². The monoisotopic (exact) mass is 252 g/mol. The second-order valence-corrected chi connectivity index (χ2v) is 3.90. The van der Waals surface area contributed by atoms with E-state index in [4.69, 9.17) is 9.47 Å². The normalized spacial score (nSPS) is 11.9. The van der Waals surface area contributed by atoms with Gasteiger partial charge in [-0.05, 0) is 26.8 Å². The molecule has 0 N–H and O–H groups in total. The van der Waals surface area contributed by atoms with Gasteiger partial charge in [0, 0.05) is 5.57 Å². The lowest BCUT2D eigenvalue weighted by molar-refractivity contribution is -0.148. The molecule has 0 rings (SSSR count). The van der Waals surface area contributed by atoms with Crippen molar-refractivity contribution in [1.82, 2.24) is 0 Å². The molecule has 4 nitrogen and oxygen atoms in total. The van der Waals surface area contributed by atoms with Gasteiger partial charge >= 0.3 is 11.9 Å². The summed E-state index contributed by atoms with van der Waals surface area (Å²) in [6.07, 6.45) is 2.94. The zero-order valence-corrected chi connectivity index (χ0v) is 11.2. The van der Waals surface area contributed by atoms with Gasteiger partial charge in [-0.15, -0.1) is 0 Å². The van der Waals surface area contributed by atoms with E-state index in [-0.39, 0.29) is 24.7 Å². The minimum absolute atomic E-state index is 0.0953. The molecular weight excluding hydrogens is 232 g/mol. The zero-order chi connectivity index (χ0) is 14.1. The maximum absolute atomic E-state index is 11.5. The predicted octanol–water partition coefficient (Wildman–Crippen LogP) is 2.56. The van der Waals surface area contributed by atoms with Crippen LogP contribution in [0.3, 0.4) is 0 Å². The summed E-state index contributed by atoms with van der Waals surface area (Å²) < 4.78 is 9.78. The summed E-state index contributed by atoms with van der Waals surface area (Å²) in [4.78, 5) is 22.7. The van der Waals surface area contributed by atoms with Crippen molar-refractivity contribution in [1.29, 1.82) is 0 Å². The van der Waals surface area contributed by atoms with Crippen molar-refractivity contribution in [2.75, 3.05) is 6.61 Å². The Bertz CT molecular complexity index is 366. The van der Waals surface area contributed by atoms with Crippen LogP contribution >= 0.6 is 0 Å². The highest BCUT2D eigenvalue weighted by molar-refractivity contribution is 5.93. The standard InChI is InChI=1S/C14H20O4/c1-6-17-14(16)11(4)9-13(15)18-12(5)8-7-10(2)3/h7-8,12H,2,4,6,9H2,1,3,5H3/b8-7+. The summed E-state index contributed by atoms with van der Waals surface area (Å²) in [5.74, 6) is -1.08. The molecule has 4 heteroatoms. The molecule has 0 aliphatic heterocycles. The Labute approximate surface area is 108 Å². The van der Waals surface area contributed by atoms with Crippen LogP contribution in [0.1, 0.15) is 27.2 Å². The fourth-order valence-electron chi connectivity index (χ4n) is 1.07. The van der Waals surface area contributed by atoms with Crippen LogP contribution in [0, 0.1) is 0 Å². The van der Waals surface area contributed by atoms with Crippen molar-refractivity contribution in [3.05, 3.63) is 36.5 Å². The Morgan fingerprint density at radius 2 is 1.94 bits per heavy atom. The van der Waals surface area contributed by atoms with Crippen molar-refractivity contribution in [3.63, 3.8) is 0 Å². The highest BCUT2D eigenvalue weighted by Gasteiger charge is 2.14. The molecule has 0 spiro atoms. The second-order valence-electron chi connectivity index (χ2n) is 3.90. The Kier molecular flexibility index (Phi) is 7.43. The highest BCUT2D eigenvalue weighted by Crippen LogP contribution is 2.06. The topological polar surface area (TPSA) is 52.6 Å². The molecule has 0 aromatic rings. The van der Waals surface area contributed by atoms with Crippen molar-refractivity contribution in [2.24, 2.45) is 0 Å². The van der Waals surface area contributed by atoms with E-state index in [0.29, 0.717) is 0 Å². The molecule has 0 bridgehead atoms. The first-order chi connectivity index (χ1) is 8.36. The number of carbonyl (C=O) groups excluding carboxylic acids is 2. The Morgan fingerprint density at radius 3 is 2.44 bits per heavy atom. The molecule has 18 heavy (non-hydrogen) atoms. The van der Waals surface area contributed by atoms with E-state index in [1.165, 1.54) is 0 Å². The fraction of sp³-hybridized carbons (Fsp3) is 0.429. The lowest BCUT2D eigenvalue weighted by atomic mass is 10.2. The summed E-state index contributed by atoms with van der Waals surface area (Å²) in [7, 11) is 0. The second kappa shape index (κ2) is 8.28. The fourth-order valence-corrected chi connectivity index (χ4v) is 1.07. The zero-order valence-electron chi connectivity index (χ0n) is 11.2. The van der Waals surface area contributed by atoms with Gasteiger partial charge in [0.15, 0.2) is 0 Å². The molecule has 0 heterocycles. The molecular formula is C14H20O4. The van der Waals surface area contributed by atoms with Crippen LogP contribution in [-0.4, -0.2) is 24.6 Å². The minimum atomic E-state index is -0.570. The number of carbonyl (C=O) groups is 2. The van der Waals surface area contributed by atoms with E-state index in [1.807, 2.05) is 6.92 Å². The van der Waals surface area contributed by atoms with Crippen molar-refractivity contribution >= 4 is 11.9 Å². The first kappa shape index (κ1) is 16.2. The molecule has 0 radical (unpaired) electrons. The van der Waals surface area contributed by atoms with Gasteiger partial charge in [0.1, 0.15) is 6.10 Å².